The number of hydrogen-bond donors (Lipinski definition) is 1. The molecule has 0 saturated heterocycles. The van der Waals surface area contributed by atoms with Gasteiger partial charge in [-0.1, -0.05) is 41.2 Å². The second kappa shape index (κ2) is 8.13. The average Bonchev–Trinajstić information content (AvgIpc) is 3.49. The molecule has 2 heterocycles. The largest absolute Gasteiger partial charge is 0.325 e. The van der Waals surface area contributed by atoms with Crippen molar-refractivity contribution in [3.8, 4) is 0 Å². The Kier molecular flexibility index (Phi) is 5.22. The first kappa shape index (κ1) is 21.2. The molecule has 1 amide bonds. The number of fused-ring (bicyclic) bond motifs is 6. The number of thioether (sulfide) groups is 1. The van der Waals surface area contributed by atoms with Gasteiger partial charge in [0.1, 0.15) is 12.4 Å². The number of anilines is 1. The van der Waals surface area contributed by atoms with E-state index in [1.165, 1.54) is 42.7 Å². The lowest BCUT2D eigenvalue weighted by Crippen LogP contribution is -2.34. The first-order valence-corrected chi connectivity index (χ1v) is 13.2. The molecule has 2 bridgehead atoms. The number of aryl methyl sites for hydroxylation is 1. The van der Waals surface area contributed by atoms with E-state index in [2.05, 4.69) is 5.32 Å². The van der Waals surface area contributed by atoms with E-state index < -0.39 is 0 Å². The highest BCUT2D eigenvalue weighted by molar-refractivity contribution is 8.00. The van der Waals surface area contributed by atoms with Gasteiger partial charge in [-0.2, -0.15) is 0 Å². The number of halogens is 1. The minimum atomic E-state index is -0.243. The van der Waals surface area contributed by atoms with E-state index in [1.54, 1.807) is 4.57 Å². The second-order valence-electron chi connectivity index (χ2n) is 9.56. The number of nitrogens with zero attached hydrogens (tertiary/aromatic N) is 1. The molecule has 1 aromatic heterocycles. The third-order valence-electron chi connectivity index (χ3n) is 7.56. The van der Waals surface area contributed by atoms with Crippen molar-refractivity contribution in [2.24, 2.45) is 17.8 Å². The fraction of sp³-hybridized carbons (Fsp3) is 0.385. The van der Waals surface area contributed by atoms with Gasteiger partial charge in [0.2, 0.25) is 5.91 Å². The van der Waals surface area contributed by atoms with Crippen molar-refractivity contribution in [2.75, 3.05) is 5.32 Å². The SMILES string of the molecule is Cc1ccc(NC(=O)Cn2c3c(sc2=O)[C@@H](c2ccc(F)cc2)C2C4CCC(C4)C2S3)cc1. The Bertz CT molecular complexity index is 1260. The predicted molar refractivity (Wildman–Crippen MR) is 131 cm³/mol. The Balaban J connectivity index is 1.36. The van der Waals surface area contributed by atoms with E-state index in [4.69, 9.17) is 0 Å². The molecular weight excluding hydrogens is 455 g/mol. The second-order valence-corrected chi connectivity index (χ2v) is 11.7. The molecule has 170 valence electrons. The van der Waals surface area contributed by atoms with Crippen LogP contribution in [0.5, 0.6) is 0 Å². The summed E-state index contributed by atoms with van der Waals surface area (Å²) in [5.41, 5.74) is 2.94. The molecule has 1 N–H and O–H groups in total. The van der Waals surface area contributed by atoms with Crippen molar-refractivity contribution in [3.05, 3.63) is 80.0 Å². The fourth-order valence-corrected chi connectivity index (χ4v) is 9.26. The fourth-order valence-electron chi connectivity index (χ4n) is 6.11. The summed E-state index contributed by atoms with van der Waals surface area (Å²) in [6.45, 7) is 2.01. The Morgan fingerprint density at radius 1 is 1.09 bits per heavy atom. The summed E-state index contributed by atoms with van der Waals surface area (Å²) in [6, 6.07) is 14.4. The zero-order chi connectivity index (χ0) is 22.7. The maximum atomic E-state index is 13.7. The van der Waals surface area contributed by atoms with Gasteiger partial charge >= 0.3 is 4.87 Å². The van der Waals surface area contributed by atoms with Crippen molar-refractivity contribution in [3.63, 3.8) is 0 Å². The third-order valence-corrected chi connectivity index (χ3v) is 10.4. The number of amides is 1. The summed E-state index contributed by atoms with van der Waals surface area (Å²) >= 11 is 3.07. The van der Waals surface area contributed by atoms with E-state index in [-0.39, 0.29) is 29.1 Å². The first-order valence-electron chi connectivity index (χ1n) is 11.5. The predicted octanol–water partition coefficient (Wildman–Crippen LogP) is 5.65. The van der Waals surface area contributed by atoms with Crippen LogP contribution in [0.3, 0.4) is 0 Å². The van der Waals surface area contributed by atoms with Crippen LogP contribution in [0, 0.1) is 30.5 Å². The van der Waals surface area contributed by atoms with Gasteiger partial charge in [-0.25, -0.2) is 4.39 Å². The average molecular weight is 481 g/mol. The van der Waals surface area contributed by atoms with E-state index in [9.17, 15) is 14.0 Å². The van der Waals surface area contributed by atoms with Crippen molar-refractivity contribution in [1.82, 2.24) is 4.57 Å². The quantitative estimate of drug-likeness (QED) is 0.525. The Morgan fingerprint density at radius 2 is 1.82 bits per heavy atom. The molecule has 33 heavy (non-hydrogen) atoms. The molecule has 4 unspecified atom stereocenters. The van der Waals surface area contributed by atoms with Crippen molar-refractivity contribution >= 4 is 34.7 Å². The van der Waals surface area contributed by atoms with Crippen LogP contribution in [0.15, 0.2) is 58.4 Å². The van der Waals surface area contributed by atoms with E-state index >= 15 is 0 Å². The molecule has 2 saturated carbocycles. The molecule has 7 heteroatoms. The normalized spacial score (nSPS) is 27.3. The van der Waals surface area contributed by atoms with E-state index in [0.717, 1.165) is 26.7 Å². The Morgan fingerprint density at radius 3 is 2.58 bits per heavy atom. The van der Waals surface area contributed by atoms with Crippen LogP contribution >= 0.6 is 23.1 Å². The number of hydrogen-bond acceptors (Lipinski definition) is 4. The number of rotatable bonds is 4. The van der Waals surface area contributed by atoms with E-state index in [0.29, 0.717) is 23.0 Å². The molecule has 2 aliphatic carbocycles. The molecule has 3 aliphatic rings. The van der Waals surface area contributed by atoms with Crippen LogP contribution < -0.4 is 10.2 Å². The van der Waals surface area contributed by atoms with Crippen molar-refractivity contribution in [1.29, 1.82) is 0 Å². The summed E-state index contributed by atoms with van der Waals surface area (Å²) in [5.74, 6) is 1.45. The number of thiazole rings is 1. The number of benzene rings is 2. The molecule has 0 radical (unpaired) electrons. The molecular formula is C26H25FN2O2S2. The molecule has 5 atom stereocenters. The van der Waals surface area contributed by atoms with Gasteiger partial charge in [0, 0.05) is 21.7 Å². The number of nitrogens with one attached hydrogen (secondary N) is 1. The summed E-state index contributed by atoms with van der Waals surface area (Å²) in [4.78, 5) is 26.9. The van der Waals surface area contributed by atoms with Crippen LogP contribution in [-0.4, -0.2) is 15.7 Å². The molecule has 2 aromatic carbocycles. The van der Waals surface area contributed by atoms with Gasteiger partial charge in [-0.05, 0) is 73.8 Å². The lowest BCUT2D eigenvalue weighted by Gasteiger charge is -2.40. The Labute approximate surface area is 200 Å². The lowest BCUT2D eigenvalue weighted by molar-refractivity contribution is -0.116. The highest BCUT2D eigenvalue weighted by atomic mass is 32.2. The maximum Gasteiger partial charge on any atom is 0.308 e. The standard InChI is InChI=1S/C26H25FN2O2S2/c1-14-2-10-19(11-3-14)28-20(30)13-29-25-24(33-26(29)31)21(15-6-8-18(27)9-7-15)22-16-4-5-17(12-16)23(22)32-25/h2-3,6-11,16-17,21-23H,4-5,12-13H2,1H3,(H,28,30)/t16?,17?,21-,22?,23?/m0/s1. The van der Waals surface area contributed by atoms with Crippen LogP contribution in [0.25, 0.3) is 0 Å². The van der Waals surface area contributed by atoms with Crippen LogP contribution in [0.4, 0.5) is 10.1 Å². The number of carbonyl (C=O) groups is 1. The van der Waals surface area contributed by atoms with E-state index in [1.807, 2.05) is 55.1 Å². The highest BCUT2D eigenvalue weighted by Crippen LogP contribution is 2.63. The summed E-state index contributed by atoms with van der Waals surface area (Å²) < 4.78 is 15.3. The zero-order valence-corrected chi connectivity index (χ0v) is 19.9. The van der Waals surface area contributed by atoms with Gasteiger partial charge in [-0.15, -0.1) is 11.8 Å². The van der Waals surface area contributed by atoms with Gasteiger partial charge in [0.25, 0.3) is 0 Å². The molecule has 2 fully saturated rings. The number of aromatic nitrogens is 1. The topological polar surface area (TPSA) is 51.1 Å². The van der Waals surface area contributed by atoms with Gasteiger partial charge in [-0.3, -0.25) is 14.2 Å². The summed E-state index contributed by atoms with van der Waals surface area (Å²) in [7, 11) is 0. The monoisotopic (exact) mass is 480 g/mol. The molecule has 4 nitrogen and oxygen atoms in total. The summed E-state index contributed by atoms with van der Waals surface area (Å²) in [6.07, 6.45) is 3.73. The number of carbonyl (C=O) groups excluding carboxylic acids is 1. The van der Waals surface area contributed by atoms with Gasteiger partial charge < -0.3 is 5.32 Å². The molecule has 6 rings (SSSR count). The van der Waals surface area contributed by atoms with Crippen LogP contribution in [0.2, 0.25) is 0 Å². The molecule has 1 aliphatic heterocycles. The smallest absolute Gasteiger partial charge is 0.308 e. The lowest BCUT2D eigenvalue weighted by atomic mass is 9.75. The third kappa shape index (κ3) is 3.66. The Hall–Kier alpha value is -2.38. The highest BCUT2D eigenvalue weighted by Gasteiger charge is 2.55. The molecule has 3 aromatic rings. The van der Waals surface area contributed by atoms with Gasteiger partial charge in [0.15, 0.2) is 0 Å². The van der Waals surface area contributed by atoms with Crippen molar-refractivity contribution in [2.45, 2.75) is 48.9 Å². The van der Waals surface area contributed by atoms with Crippen LogP contribution in [0.1, 0.15) is 41.2 Å². The first-order chi connectivity index (χ1) is 16.0. The van der Waals surface area contributed by atoms with Crippen molar-refractivity contribution < 1.29 is 9.18 Å². The van der Waals surface area contributed by atoms with Crippen LogP contribution in [-0.2, 0) is 11.3 Å². The summed E-state index contributed by atoms with van der Waals surface area (Å²) in [5, 5.41) is 4.31. The minimum Gasteiger partial charge on any atom is -0.325 e. The maximum absolute atomic E-state index is 13.7. The minimum absolute atomic E-state index is 0.00711. The van der Waals surface area contributed by atoms with Gasteiger partial charge in [0.05, 0.1) is 5.03 Å². The molecule has 0 spiro atoms. The zero-order valence-electron chi connectivity index (χ0n) is 18.3.